The SMILES string of the molecule is CCC1CC(NC(=O)C(C)(C)C)CN(CC2CCC2)C1. The molecule has 0 aromatic heterocycles. The lowest BCUT2D eigenvalue weighted by Gasteiger charge is -2.41. The molecule has 2 rings (SSSR count). The Balaban J connectivity index is 1.88. The van der Waals surface area contributed by atoms with Gasteiger partial charge in [0.1, 0.15) is 0 Å². The standard InChI is InChI=1S/C17H32N2O/c1-5-13-9-15(18-16(20)17(2,3)4)12-19(10-13)11-14-7-6-8-14/h13-15H,5-12H2,1-4H3,(H,18,20). The lowest BCUT2D eigenvalue weighted by Crippen LogP contribution is -2.53. The third kappa shape index (κ3) is 4.21. The number of carbonyl (C=O) groups is 1. The van der Waals surface area contributed by atoms with E-state index in [9.17, 15) is 4.79 Å². The molecule has 3 nitrogen and oxygen atoms in total. The second-order valence-corrected chi connectivity index (χ2v) is 7.95. The van der Waals surface area contributed by atoms with Gasteiger partial charge in [-0.3, -0.25) is 4.79 Å². The van der Waals surface area contributed by atoms with Gasteiger partial charge in [0, 0.05) is 31.1 Å². The minimum Gasteiger partial charge on any atom is -0.352 e. The molecule has 1 N–H and O–H groups in total. The predicted octanol–water partition coefficient (Wildman–Crippen LogP) is 3.05. The highest BCUT2D eigenvalue weighted by molar-refractivity contribution is 5.81. The number of hydrogen-bond donors (Lipinski definition) is 1. The van der Waals surface area contributed by atoms with Gasteiger partial charge in [-0.25, -0.2) is 0 Å². The molecule has 2 unspecified atom stereocenters. The molecule has 1 heterocycles. The molecule has 2 atom stereocenters. The van der Waals surface area contributed by atoms with Gasteiger partial charge in [0.15, 0.2) is 0 Å². The van der Waals surface area contributed by atoms with Crippen LogP contribution in [0.15, 0.2) is 0 Å². The largest absolute Gasteiger partial charge is 0.352 e. The lowest BCUT2D eigenvalue weighted by molar-refractivity contribution is -0.129. The van der Waals surface area contributed by atoms with E-state index < -0.39 is 0 Å². The number of nitrogens with one attached hydrogen (secondary N) is 1. The third-order valence-electron chi connectivity index (χ3n) is 4.95. The van der Waals surface area contributed by atoms with Crippen molar-refractivity contribution in [2.45, 2.75) is 65.8 Å². The first-order valence-corrected chi connectivity index (χ1v) is 8.41. The van der Waals surface area contributed by atoms with Gasteiger partial charge in [0.2, 0.25) is 5.91 Å². The molecule has 0 spiro atoms. The first-order valence-electron chi connectivity index (χ1n) is 8.41. The van der Waals surface area contributed by atoms with Crippen LogP contribution in [0.5, 0.6) is 0 Å². The highest BCUT2D eigenvalue weighted by Crippen LogP contribution is 2.29. The van der Waals surface area contributed by atoms with Crippen LogP contribution in [0.1, 0.15) is 59.8 Å². The molecule has 1 aliphatic carbocycles. The Morgan fingerprint density at radius 1 is 1.20 bits per heavy atom. The van der Waals surface area contributed by atoms with E-state index in [1.807, 2.05) is 20.8 Å². The zero-order valence-electron chi connectivity index (χ0n) is 13.7. The molecule has 1 amide bonds. The van der Waals surface area contributed by atoms with Crippen LogP contribution in [0.3, 0.4) is 0 Å². The van der Waals surface area contributed by atoms with Crippen molar-refractivity contribution >= 4 is 5.91 Å². The number of rotatable bonds is 4. The van der Waals surface area contributed by atoms with Gasteiger partial charge in [-0.05, 0) is 31.1 Å². The fraction of sp³-hybridized carbons (Fsp3) is 0.941. The maximum atomic E-state index is 12.2. The fourth-order valence-electron chi connectivity index (χ4n) is 3.29. The molecule has 1 saturated carbocycles. The maximum absolute atomic E-state index is 12.2. The van der Waals surface area contributed by atoms with E-state index in [2.05, 4.69) is 17.1 Å². The lowest BCUT2D eigenvalue weighted by atomic mass is 9.83. The van der Waals surface area contributed by atoms with E-state index in [0.717, 1.165) is 24.8 Å². The summed E-state index contributed by atoms with van der Waals surface area (Å²) in [5.74, 6) is 1.86. The summed E-state index contributed by atoms with van der Waals surface area (Å²) in [6.45, 7) is 11.8. The van der Waals surface area contributed by atoms with Crippen LogP contribution < -0.4 is 5.32 Å². The Hall–Kier alpha value is -0.570. The van der Waals surface area contributed by atoms with Crippen molar-refractivity contribution < 1.29 is 4.79 Å². The second-order valence-electron chi connectivity index (χ2n) is 7.95. The van der Waals surface area contributed by atoms with Crippen molar-refractivity contribution in [3.63, 3.8) is 0 Å². The normalized spacial score (nSPS) is 29.0. The van der Waals surface area contributed by atoms with Crippen molar-refractivity contribution in [2.24, 2.45) is 17.3 Å². The first-order chi connectivity index (χ1) is 9.38. The van der Waals surface area contributed by atoms with Gasteiger partial charge in [-0.1, -0.05) is 40.5 Å². The van der Waals surface area contributed by atoms with E-state index in [4.69, 9.17) is 0 Å². The van der Waals surface area contributed by atoms with E-state index in [1.165, 1.54) is 38.8 Å². The van der Waals surface area contributed by atoms with Crippen LogP contribution >= 0.6 is 0 Å². The number of nitrogens with zero attached hydrogens (tertiary/aromatic N) is 1. The summed E-state index contributed by atoms with van der Waals surface area (Å²) < 4.78 is 0. The smallest absolute Gasteiger partial charge is 0.225 e. The molecule has 3 heteroatoms. The summed E-state index contributed by atoms with van der Waals surface area (Å²) in [6, 6.07) is 0.348. The molecule has 0 aromatic carbocycles. The quantitative estimate of drug-likeness (QED) is 0.858. The first kappa shape index (κ1) is 15.8. The van der Waals surface area contributed by atoms with Crippen LogP contribution in [-0.4, -0.2) is 36.5 Å². The molecule has 0 aromatic rings. The van der Waals surface area contributed by atoms with Gasteiger partial charge in [-0.15, -0.1) is 0 Å². The summed E-state index contributed by atoms with van der Waals surface area (Å²) in [6.07, 6.45) is 6.61. The molecule has 0 radical (unpaired) electrons. The Labute approximate surface area is 124 Å². The highest BCUT2D eigenvalue weighted by Gasteiger charge is 2.32. The Bertz CT molecular complexity index is 328. The summed E-state index contributed by atoms with van der Waals surface area (Å²) in [7, 11) is 0. The molecule has 1 saturated heterocycles. The summed E-state index contributed by atoms with van der Waals surface area (Å²) in [4.78, 5) is 14.8. The minimum absolute atomic E-state index is 0.197. The molecular weight excluding hydrogens is 248 g/mol. The van der Waals surface area contributed by atoms with Gasteiger partial charge in [0.25, 0.3) is 0 Å². The average Bonchev–Trinajstić information content (AvgIpc) is 2.32. The molecular formula is C17H32N2O. The third-order valence-corrected chi connectivity index (χ3v) is 4.95. The number of carbonyl (C=O) groups excluding carboxylic acids is 1. The number of likely N-dealkylation sites (tertiary alicyclic amines) is 1. The highest BCUT2D eigenvalue weighted by atomic mass is 16.2. The van der Waals surface area contributed by atoms with Crippen molar-refractivity contribution in [1.29, 1.82) is 0 Å². The average molecular weight is 280 g/mol. The minimum atomic E-state index is -0.280. The zero-order valence-corrected chi connectivity index (χ0v) is 13.7. The molecule has 116 valence electrons. The number of piperidine rings is 1. The van der Waals surface area contributed by atoms with Crippen molar-refractivity contribution in [3.05, 3.63) is 0 Å². The Morgan fingerprint density at radius 3 is 2.40 bits per heavy atom. The second kappa shape index (κ2) is 6.46. The van der Waals surface area contributed by atoms with E-state index in [-0.39, 0.29) is 11.3 Å². The monoisotopic (exact) mass is 280 g/mol. The molecule has 2 fully saturated rings. The van der Waals surface area contributed by atoms with Crippen molar-refractivity contribution in [3.8, 4) is 0 Å². The van der Waals surface area contributed by atoms with Crippen LogP contribution in [0.4, 0.5) is 0 Å². The number of amides is 1. The molecule has 0 bridgehead atoms. The Kier molecular flexibility index (Phi) is 5.11. The van der Waals surface area contributed by atoms with Gasteiger partial charge in [0.05, 0.1) is 0 Å². The molecule has 20 heavy (non-hydrogen) atoms. The van der Waals surface area contributed by atoms with Gasteiger partial charge < -0.3 is 10.2 Å². The van der Waals surface area contributed by atoms with E-state index in [1.54, 1.807) is 0 Å². The van der Waals surface area contributed by atoms with Gasteiger partial charge in [-0.2, -0.15) is 0 Å². The van der Waals surface area contributed by atoms with Crippen molar-refractivity contribution in [1.82, 2.24) is 10.2 Å². The van der Waals surface area contributed by atoms with Crippen LogP contribution in [0.25, 0.3) is 0 Å². The summed E-state index contributed by atoms with van der Waals surface area (Å²) in [5, 5.41) is 3.28. The van der Waals surface area contributed by atoms with Crippen LogP contribution in [0.2, 0.25) is 0 Å². The van der Waals surface area contributed by atoms with Crippen molar-refractivity contribution in [2.75, 3.05) is 19.6 Å². The fourth-order valence-corrected chi connectivity index (χ4v) is 3.29. The van der Waals surface area contributed by atoms with Crippen LogP contribution in [0, 0.1) is 17.3 Å². The molecule has 1 aliphatic heterocycles. The maximum Gasteiger partial charge on any atom is 0.225 e. The summed E-state index contributed by atoms with van der Waals surface area (Å²) >= 11 is 0. The predicted molar refractivity (Wildman–Crippen MR) is 83.6 cm³/mol. The van der Waals surface area contributed by atoms with E-state index in [0.29, 0.717) is 6.04 Å². The summed E-state index contributed by atoms with van der Waals surface area (Å²) in [5.41, 5.74) is -0.280. The molecule has 2 aliphatic rings. The topological polar surface area (TPSA) is 32.3 Å². The zero-order chi connectivity index (χ0) is 14.8. The van der Waals surface area contributed by atoms with E-state index >= 15 is 0 Å². The Morgan fingerprint density at radius 2 is 1.90 bits per heavy atom. The van der Waals surface area contributed by atoms with Crippen LogP contribution in [-0.2, 0) is 4.79 Å². The van der Waals surface area contributed by atoms with Gasteiger partial charge >= 0.3 is 0 Å². The number of hydrogen-bond acceptors (Lipinski definition) is 2.